The van der Waals surface area contributed by atoms with Gasteiger partial charge in [-0.1, -0.05) is 12.1 Å². The van der Waals surface area contributed by atoms with Crippen LogP contribution in [-0.4, -0.2) is 14.2 Å². The molecule has 2 nitrogen and oxygen atoms in total. The number of halogens is 3. The Balaban J connectivity index is 2.29. The molecule has 2 rings (SSSR count). The maximum Gasteiger partial charge on any atom is 0.161 e. The molecule has 0 fully saturated rings. The fraction of sp³-hybridized carbons (Fsp3) is 0.250. The van der Waals surface area contributed by atoms with Crippen molar-refractivity contribution < 1.29 is 17.9 Å². The second-order valence-electron chi connectivity index (χ2n) is 4.68. The summed E-state index contributed by atoms with van der Waals surface area (Å²) in [5.74, 6) is -2.32. The van der Waals surface area contributed by atoms with Crippen LogP contribution in [-0.2, 0) is 6.42 Å². The zero-order valence-corrected chi connectivity index (χ0v) is 11.8. The minimum Gasteiger partial charge on any atom is -0.497 e. The third kappa shape index (κ3) is 3.55. The van der Waals surface area contributed by atoms with Gasteiger partial charge in [0.05, 0.1) is 7.11 Å². The summed E-state index contributed by atoms with van der Waals surface area (Å²) in [6, 6.07) is 8.31. The van der Waals surface area contributed by atoms with Gasteiger partial charge in [-0.25, -0.2) is 13.2 Å². The summed E-state index contributed by atoms with van der Waals surface area (Å²) >= 11 is 0. The van der Waals surface area contributed by atoms with Crippen LogP contribution in [0.5, 0.6) is 5.75 Å². The molecule has 0 heterocycles. The van der Waals surface area contributed by atoms with E-state index in [1.54, 1.807) is 20.2 Å². The molecule has 0 aliphatic rings. The average Bonchev–Trinajstić information content (AvgIpc) is 2.49. The molecule has 0 aliphatic heterocycles. The molecule has 2 aromatic carbocycles. The third-order valence-corrected chi connectivity index (χ3v) is 3.34. The van der Waals surface area contributed by atoms with Crippen molar-refractivity contribution in [3.05, 3.63) is 65.0 Å². The van der Waals surface area contributed by atoms with E-state index in [0.29, 0.717) is 18.2 Å². The molecule has 0 spiro atoms. The van der Waals surface area contributed by atoms with Crippen molar-refractivity contribution in [2.75, 3.05) is 14.2 Å². The van der Waals surface area contributed by atoms with Gasteiger partial charge in [0.1, 0.15) is 11.6 Å². The molecule has 0 radical (unpaired) electrons. The van der Waals surface area contributed by atoms with Gasteiger partial charge in [0.2, 0.25) is 0 Å². The fourth-order valence-electron chi connectivity index (χ4n) is 2.21. The summed E-state index contributed by atoms with van der Waals surface area (Å²) in [6.45, 7) is 0. The summed E-state index contributed by atoms with van der Waals surface area (Å²) in [7, 11) is 3.20. The molecule has 0 amide bonds. The van der Waals surface area contributed by atoms with E-state index in [4.69, 9.17) is 4.74 Å². The van der Waals surface area contributed by atoms with E-state index in [1.807, 2.05) is 18.2 Å². The number of benzene rings is 2. The van der Waals surface area contributed by atoms with Gasteiger partial charge in [0, 0.05) is 17.7 Å². The molecule has 0 saturated carbocycles. The van der Waals surface area contributed by atoms with Crippen molar-refractivity contribution in [2.45, 2.75) is 12.5 Å². The van der Waals surface area contributed by atoms with Crippen LogP contribution in [0, 0.1) is 17.5 Å². The summed E-state index contributed by atoms with van der Waals surface area (Å²) in [6.07, 6.45) is 0.426. The van der Waals surface area contributed by atoms with Crippen molar-refractivity contribution in [3.8, 4) is 5.75 Å². The summed E-state index contributed by atoms with van der Waals surface area (Å²) in [4.78, 5) is 0. The highest BCUT2D eigenvalue weighted by Gasteiger charge is 2.18. The molecule has 5 heteroatoms. The van der Waals surface area contributed by atoms with Crippen LogP contribution in [0.2, 0.25) is 0 Å². The molecule has 1 N–H and O–H groups in total. The van der Waals surface area contributed by atoms with Crippen LogP contribution in [0.15, 0.2) is 36.4 Å². The van der Waals surface area contributed by atoms with Crippen LogP contribution < -0.4 is 10.1 Å². The lowest BCUT2D eigenvalue weighted by Gasteiger charge is -2.18. The summed E-state index contributed by atoms with van der Waals surface area (Å²) in [5, 5.41) is 2.92. The Morgan fingerprint density at radius 3 is 2.43 bits per heavy atom. The highest BCUT2D eigenvalue weighted by atomic mass is 19.2. The van der Waals surface area contributed by atoms with Gasteiger partial charge in [0.25, 0.3) is 0 Å². The van der Waals surface area contributed by atoms with Gasteiger partial charge in [0.15, 0.2) is 11.6 Å². The van der Waals surface area contributed by atoms with Gasteiger partial charge < -0.3 is 10.1 Å². The Kier molecular flexibility index (Phi) is 4.85. The zero-order chi connectivity index (χ0) is 15.4. The number of ether oxygens (including phenoxy) is 1. The summed E-state index contributed by atoms with van der Waals surface area (Å²) in [5.41, 5.74) is 0.997. The lowest BCUT2D eigenvalue weighted by atomic mass is 9.98. The number of hydrogen-bond donors (Lipinski definition) is 1. The predicted molar refractivity (Wildman–Crippen MR) is 74.8 cm³/mol. The second-order valence-corrected chi connectivity index (χ2v) is 4.68. The molecule has 0 aliphatic carbocycles. The van der Waals surface area contributed by atoms with Crippen LogP contribution in [0.1, 0.15) is 17.2 Å². The van der Waals surface area contributed by atoms with Gasteiger partial charge in [-0.05, 0) is 37.2 Å². The first-order valence-electron chi connectivity index (χ1n) is 6.49. The number of nitrogens with one attached hydrogen (secondary N) is 1. The normalized spacial score (nSPS) is 12.2. The van der Waals surface area contributed by atoms with Crippen molar-refractivity contribution in [2.24, 2.45) is 0 Å². The van der Waals surface area contributed by atoms with E-state index in [1.165, 1.54) is 0 Å². The lowest BCUT2D eigenvalue weighted by Crippen LogP contribution is -2.20. The smallest absolute Gasteiger partial charge is 0.161 e. The second kappa shape index (κ2) is 6.63. The van der Waals surface area contributed by atoms with Crippen molar-refractivity contribution in [1.29, 1.82) is 0 Å². The van der Waals surface area contributed by atoms with Crippen molar-refractivity contribution in [3.63, 3.8) is 0 Å². The standard InChI is InChI=1S/C16H16F3NO/c1-20-16(7-10-4-3-5-11(6-10)21-2)12-8-14(18)15(19)9-13(12)17/h3-6,8-9,16,20H,7H2,1-2H3. The third-order valence-electron chi connectivity index (χ3n) is 3.34. The molecule has 1 atom stereocenters. The van der Waals surface area contributed by atoms with E-state index in [2.05, 4.69) is 5.32 Å². The van der Waals surface area contributed by atoms with E-state index < -0.39 is 23.5 Å². The molecule has 112 valence electrons. The maximum absolute atomic E-state index is 13.8. The topological polar surface area (TPSA) is 21.3 Å². The van der Waals surface area contributed by atoms with Gasteiger partial charge in [-0.15, -0.1) is 0 Å². The first kappa shape index (κ1) is 15.4. The highest BCUT2D eigenvalue weighted by molar-refractivity contribution is 5.31. The fourth-order valence-corrected chi connectivity index (χ4v) is 2.21. The van der Waals surface area contributed by atoms with Gasteiger partial charge in [-0.2, -0.15) is 0 Å². The quantitative estimate of drug-likeness (QED) is 0.851. The van der Waals surface area contributed by atoms with E-state index >= 15 is 0 Å². The van der Waals surface area contributed by atoms with E-state index in [9.17, 15) is 13.2 Å². The van der Waals surface area contributed by atoms with Crippen molar-refractivity contribution >= 4 is 0 Å². The molecular formula is C16H16F3NO. The Labute approximate surface area is 121 Å². The number of methoxy groups -OCH3 is 1. The molecule has 21 heavy (non-hydrogen) atoms. The Morgan fingerprint density at radius 1 is 1.05 bits per heavy atom. The Hall–Kier alpha value is -2.01. The average molecular weight is 295 g/mol. The Bertz CT molecular complexity index is 631. The van der Waals surface area contributed by atoms with Gasteiger partial charge >= 0.3 is 0 Å². The number of likely N-dealkylation sites (N-methyl/N-ethyl adjacent to an activating group) is 1. The lowest BCUT2D eigenvalue weighted by molar-refractivity contribution is 0.413. The zero-order valence-electron chi connectivity index (χ0n) is 11.8. The predicted octanol–water partition coefficient (Wildman–Crippen LogP) is 3.62. The minimum absolute atomic E-state index is 0.0965. The summed E-state index contributed by atoms with van der Waals surface area (Å²) < 4.78 is 45.3. The van der Waals surface area contributed by atoms with Crippen LogP contribution >= 0.6 is 0 Å². The van der Waals surface area contributed by atoms with Crippen LogP contribution in [0.4, 0.5) is 13.2 Å². The van der Waals surface area contributed by atoms with E-state index in [-0.39, 0.29) is 5.56 Å². The first-order valence-corrected chi connectivity index (χ1v) is 6.49. The van der Waals surface area contributed by atoms with Crippen LogP contribution in [0.25, 0.3) is 0 Å². The molecule has 0 bridgehead atoms. The molecular weight excluding hydrogens is 279 g/mol. The van der Waals surface area contributed by atoms with E-state index in [0.717, 1.165) is 11.6 Å². The Morgan fingerprint density at radius 2 is 1.76 bits per heavy atom. The molecule has 0 saturated heterocycles. The van der Waals surface area contributed by atoms with Gasteiger partial charge in [-0.3, -0.25) is 0 Å². The number of hydrogen-bond acceptors (Lipinski definition) is 2. The van der Waals surface area contributed by atoms with Crippen LogP contribution in [0.3, 0.4) is 0 Å². The highest BCUT2D eigenvalue weighted by Crippen LogP contribution is 2.24. The molecule has 2 aromatic rings. The minimum atomic E-state index is -1.19. The molecule has 1 unspecified atom stereocenters. The largest absolute Gasteiger partial charge is 0.497 e. The first-order chi connectivity index (χ1) is 10.0. The number of rotatable bonds is 5. The SMILES string of the molecule is CNC(Cc1cccc(OC)c1)c1cc(F)c(F)cc1F. The van der Waals surface area contributed by atoms with Crippen molar-refractivity contribution in [1.82, 2.24) is 5.32 Å². The maximum atomic E-state index is 13.8. The monoisotopic (exact) mass is 295 g/mol. The molecule has 0 aromatic heterocycles.